The summed E-state index contributed by atoms with van der Waals surface area (Å²) in [5.41, 5.74) is 3.93. The number of aromatic nitrogens is 2. The van der Waals surface area contributed by atoms with Gasteiger partial charge in [-0.2, -0.15) is 0 Å². The summed E-state index contributed by atoms with van der Waals surface area (Å²) in [6.45, 7) is 2.23. The minimum Gasteiger partial charge on any atom is -0.352 e. The maximum absolute atomic E-state index is 13.4. The average Bonchev–Trinajstić information content (AvgIpc) is 3.36. The summed E-state index contributed by atoms with van der Waals surface area (Å²) in [5, 5.41) is 4.41. The van der Waals surface area contributed by atoms with Gasteiger partial charge in [0.25, 0.3) is 5.91 Å². The van der Waals surface area contributed by atoms with Gasteiger partial charge in [-0.05, 0) is 75.3 Å². The normalized spacial score (nSPS) is 18.6. The Morgan fingerprint density at radius 3 is 2.89 bits per heavy atom. The molecule has 8 nitrogen and oxygen atoms in total. The van der Waals surface area contributed by atoms with Gasteiger partial charge in [0.1, 0.15) is 12.5 Å². The summed E-state index contributed by atoms with van der Waals surface area (Å²) in [7, 11) is 4.01. The second-order valence-corrected chi connectivity index (χ2v) is 9.67. The number of likely N-dealkylation sites (tertiary alicyclic amines) is 1. The van der Waals surface area contributed by atoms with Crippen LogP contribution in [0, 0.1) is 0 Å². The molecule has 36 heavy (non-hydrogen) atoms. The third kappa shape index (κ3) is 4.95. The minimum absolute atomic E-state index is 0.0152. The Hall–Kier alpha value is -3.78. The fourth-order valence-electron chi connectivity index (χ4n) is 5.20. The number of allylic oxidation sites excluding steroid dienone is 1. The second-order valence-electron chi connectivity index (χ2n) is 9.67. The van der Waals surface area contributed by atoms with Gasteiger partial charge in [-0.15, -0.1) is 0 Å². The standard InChI is InChI=1S/C28H32N6O2/c1-32(2)26(10-6-16-35)34-14-5-8-20-17-21(11-12-25(20)34)27(36)33-15-13-23(19-33)30-28-29-18-22-7-3-4-9-24(22)31-28/h3-4,6-7,9-12,16-18,23,26H,5,8,13-15,19H2,1-2H3,(H,29,30,31)/b10-6+/t23?,26-/m1/s1. The number of aldehydes is 1. The van der Waals surface area contributed by atoms with Crippen LogP contribution in [0.5, 0.6) is 0 Å². The lowest BCUT2D eigenvalue weighted by molar-refractivity contribution is -0.104. The molecule has 1 fully saturated rings. The van der Waals surface area contributed by atoms with Crippen molar-refractivity contribution in [3.05, 3.63) is 71.9 Å². The van der Waals surface area contributed by atoms with Gasteiger partial charge in [0.2, 0.25) is 5.95 Å². The molecule has 0 saturated carbocycles. The molecule has 3 heterocycles. The van der Waals surface area contributed by atoms with E-state index in [-0.39, 0.29) is 18.1 Å². The Bertz CT molecular complexity index is 1290. The number of benzene rings is 2. The smallest absolute Gasteiger partial charge is 0.253 e. The molecule has 0 radical (unpaired) electrons. The quantitative estimate of drug-likeness (QED) is 0.407. The predicted octanol–water partition coefficient (Wildman–Crippen LogP) is 3.35. The van der Waals surface area contributed by atoms with Crippen LogP contribution in [-0.4, -0.2) is 77.9 Å². The fraction of sp³-hybridized carbons (Fsp3) is 0.357. The SMILES string of the molecule is CN(C)[C@@H](/C=C/C=O)N1CCCc2cc(C(=O)N3CCC(Nc4ncc5ccccc5n4)C3)ccc21. The highest BCUT2D eigenvalue weighted by Gasteiger charge is 2.29. The summed E-state index contributed by atoms with van der Waals surface area (Å²) < 4.78 is 0. The van der Waals surface area contributed by atoms with Crippen LogP contribution in [0.25, 0.3) is 10.9 Å². The van der Waals surface area contributed by atoms with Gasteiger partial charge in [-0.1, -0.05) is 18.2 Å². The average molecular weight is 485 g/mol. The van der Waals surface area contributed by atoms with Crippen LogP contribution in [0.1, 0.15) is 28.8 Å². The van der Waals surface area contributed by atoms with Gasteiger partial charge in [0, 0.05) is 48.5 Å². The number of amides is 1. The predicted molar refractivity (Wildman–Crippen MR) is 142 cm³/mol. The number of carbonyl (C=O) groups is 2. The summed E-state index contributed by atoms with van der Waals surface area (Å²) >= 11 is 0. The molecule has 1 amide bonds. The molecule has 5 rings (SSSR count). The van der Waals surface area contributed by atoms with E-state index in [0.717, 1.165) is 54.2 Å². The van der Waals surface area contributed by atoms with Gasteiger partial charge < -0.3 is 15.1 Å². The molecule has 1 N–H and O–H groups in total. The minimum atomic E-state index is -0.0152. The number of para-hydroxylation sites is 1. The van der Waals surface area contributed by atoms with Gasteiger partial charge >= 0.3 is 0 Å². The fourth-order valence-corrected chi connectivity index (χ4v) is 5.20. The zero-order chi connectivity index (χ0) is 25.1. The van der Waals surface area contributed by atoms with E-state index in [0.29, 0.717) is 19.0 Å². The summed E-state index contributed by atoms with van der Waals surface area (Å²) in [6.07, 6.45) is 8.89. The number of rotatable bonds is 7. The first-order valence-electron chi connectivity index (χ1n) is 12.5. The van der Waals surface area contributed by atoms with E-state index < -0.39 is 0 Å². The van der Waals surface area contributed by atoms with Crippen molar-refractivity contribution in [2.45, 2.75) is 31.5 Å². The van der Waals surface area contributed by atoms with Gasteiger partial charge in [-0.3, -0.25) is 14.5 Å². The van der Waals surface area contributed by atoms with Crippen molar-refractivity contribution in [1.29, 1.82) is 0 Å². The Kier molecular flexibility index (Phi) is 6.95. The Labute approximate surface area is 211 Å². The maximum atomic E-state index is 13.4. The lowest BCUT2D eigenvalue weighted by Gasteiger charge is -2.39. The Morgan fingerprint density at radius 2 is 2.06 bits per heavy atom. The highest BCUT2D eigenvalue weighted by molar-refractivity contribution is 5.95. The molecular formula is C28H32N6O2. The van der Waals surface area contributed by atoms with Gasteiger partial charge in [-0.25, -0.2) is 9.97 Å². The first kappa shape index (κ1) is 23.9. The Balaban J connectivity index is 1.27. The first-order valence-corrected chi connectivity index (χ1v) is 12.5. The monoisotopic (exact) mass is 484 g/mol. The summed E-state index contributed by atoms with van der Waals surface area (Å²) in [4.78, 5) is 39.6. The number of hydrogen-bond acceptors (Lipinski definition) is 7. The number of nitrogens with one attached hydrogen (secondary N) is 1. The van der Waals surface area contributed by atoms with E-state index >= 15 is 0 Å². The highest BCUT2D eigenvalue weighted by Crippen LogP contribution is 2.31. The van der Waals surface area contributed by atoms with Crippen molar-refractivity contribution in [2.24, 2.45) is 0 Å². The molecule has 0 spiro atoms. The summed E-state index contributed by atoms with van der Waals surface area (Å²) in [6, 6.07) is 14.1. The lowest BCUT2D eigenvalue weighted by atomic mass is 9.98. The van der Waals surface area contributed by atoms with Crippen LogP contribution >= 0.6 is 0 Å². The van der Waals surface area contributed by atoms with Crippen molar-refractivity contribution >= 4 is 34.7 Å². The highest BCUT2D eigenvalue weighted by atomic mass is 16.2. The van der Waals surface area contributed by atoms with Crippen LogP contribution in [-0.2, 0) is 11.2 Å². The summed E-state index contributed by atoms with van der Waals surface area (Å²) in [5.74, 6) is 0.657. The van der Waals surface area contributed by atoms with Crippen molar-refractivity contribution in [1.82, 2.24) is 19.8 Å². The zero-order valence-electron chi connectivity index (χ0n) is 20.8. The molecule has 2 aromatic carbocycles. The van der Waals surface area contributed by atoms with E-state index in [2.05, 4.69) is 31.2 Å². The van der Waals surface area contributed by atoms with Crippen molar-refractivity contribution in [2.75, 3.05) is 43.9 Å². The molecule has 1 unspecified atom stereocenters. The molecule has 0 bridgehead atoms. The number of likely N-dealkylation sites (N-methyl/N-ethyl adjacent to an activating group) is 1. The van der Waals surface area contributed by atoms with Crippen LogP contribution in [0.2, 0.25) is 0 Å². The topological polar surface area (TPSA) is 81.7 Å². The van der Waals surface area contributed by atoms with Crippen molar-refractivity contribution in [3.8, 4) is 0 Å². The van der Waals surface area contributed by atoms with Gasteiger partial charge in [0.15, 0.2) is 0 Å². The third-order valence-electron chi connectivity index (χ3n) is 6.99. The molecule has 3 aromatic rings. The van der Waals surface area contributed by atoms with E-state index in [1.807, 2.05) is 67.7 Å². The Morgan fingerprint density at radius 1 is 1.19 bits per heavy atom. The second kappa shape index (κ2) is 10.5. The van der Waals surface area contributed by atoms with Crippen LogP contribution in [0.15, 0.2) is 60.8 Å². The number of fused-ring (bicyclic) bond motifs is 2. The van der Waals surface area contributed by atoms with E-state index in [1.54, 1.807) is 6.08 Å². The van der Waals surface area contributed by atoms with Crippen LogP contribution < -0.4 is 10.2 Å². The molecule has 2 aliphatic heterocycles. The van der Waals surface area contributed by atoms with Crippen molar-refractivity contribution in [3.63, 3.8) is 0 Å². The first-order chi connectivity index (χ1) is 17.5. The number of anilines is 2. The molecule has 2 atom stereocenters. The lowest BCUT2D eigenvalue weighted by Crippen LogP contribution is -2.46. The number of carbonyl (C=O) groups excluding carboxylic acids is 2. The number of aryl methyl sites for hydroxylation is 1. The molecule has 186 valence electrons. The number of hydrogen-bond donors (Lipinski definition) is 1. The number of nitrogens with zero attached hydrogens (tertiary/aromatic N) is 5. The maximum Gasteiger partial charge on any atom is 0.253 e. The molecule has 8 heteroatoms. The van der Waals surface area contributed by atoms with Gasteiger partial charge in [0.05, 0.1) is 5.52 Å². The van der Waals surface area contributed by atoms with E-state index in [1.165, 1.54) is 5.56 Å². The van der Waals surface area contributed by atoms with Crippen LogP contribution in [0.3, 0.4) is 0 Å². The molecule has 1 aromatic heterocycles. The zero-order valence-corrected chi connectivity index (χ0v) is 20.8. The largest absolute Gasteiger partial charge is 0.352 e. The molecule has 0 aliphatic carbocycles. The third-order valence-corrected chi connectivity index (χ3v) is 6.99. The van der Waals surface area contributed by atoms with Crippen molar-refractivity contribution < 1.29 is 9.59 Å². The molecular weight excluding hydrogens is 452 g/mol. The molecule has 1 saturated heterocycles. The van der Waals surface area contributed by atoms with Crippen LogP contribution in [0.4, 0.5) is 11.6 Å². The van der Waals surface area contributed by atoms with E-state index in [9.17, 15) is 9.59 Å². The van der Waals surface area contributed by atoms with E-state index in [4.69, 9.17) is 0 Å². The molecule has 2 aliphatic rings.